The standard InChI is InChI=1S/C16H18N2O3/c1-2-21-16-5-3-4-14(12-16)17-11-10-13-6-8-15(9-7-13)18(19)20/h3-9,12,17H,2,10-11H2,1H3. The van der Waals surface area contributed by atoms with Gasteiger partial charge in [-0.25, -0.2) is 0 Å². The molecule has 0 aromatic heterocycles. The topological polar surface area (TPSA) is 64.4 Å². The van der Waals surface area contributed by atoms with Crippen molar-refractivity contribution in [1.82, 2.24) is 0 Å². The van der Waals surface area contributed by atoms with Crippen molar-refractivity contribution in [3.63, 3.8) is 0 Å². The van der Waals surface area contributed by atoms with Crippen LogP contribution in [-0.4, -0.2) is 18.1 Å². The summed E-state index contributed by atoms with van der Waals surface area (Å²) in [6, 6.07) is 14.4. The Labute approximate surface area is 123 Å². The Hall–Kier alpha value is -2.56. The number of benzene rings is 2. The molecule has 1 N–H and O–H groups in total. The minimum Gasteiger partial charge on any atom is -0.494 e. The van der Waals surface area contributed by atoms with Gasteiger partial charge in [0, 0.05) is 30.4 Å². The highest BCUT2D eigenvalue weighted by atomic mass is 16.6. The lowest BCUT2D eigenvalue weighted by molar-refractivity contribution is -0.384. The lowest BCUT2D eigenvalue weighted by Crippen LogP contribution is -2.05. The summed E-state index contributed by atoms with van der Waals surface area (Å²) in [6.07, 6.45) is 0.802. The first-order valence-electron chi connectivity index (χ1n) is 6.89. The second-order valence-corrected chi connectivity index (χ2v) is 4.56. The summed E-state index contributed by atoms with van der Waals surface area (Å²) in [7, 11) is 0. The highest BCUT2D eigenvalue weighted by Crippen LogP contribution is 2.17. The van der Waals surface area contributed by atoms with E-state index in [1.54, 1.807) is 12.1 Å². The summed E-state index contributed by atoms with van der Waals surface area (Å²) in [5.41, 5.74) is 2.19. The van der Waals surface area contributed by atoms with Gasteiger partial charge in [-0.3, -0.25) is 10.1 Å². The van der Waals surface area contributed by atoms with Crippen LogP contribution in [0.15, 0.2) is 48.5 Å². The zero-order valence-corrected chi connectivity index (χ0v) is 11.9. The number of ether oxygens (including phenoxy) is 1. The van der Waals surface area contributed by atoms with E-state index in [1.807, 2.05) is 31.2 Å². The molecule has 0 bridgehead atoms. The minimum atomic E-state index is -0.388. The molecule has 0 fully saturated rings. The fourth-order valence-corrected chi connectivity index (χ4v) is 2.00. The number of non-ortho nitro benzene ring substituents is 1. The number of anilines is 1. The summed E-state index contributed by atoms with van der Waals surface area (Å²) >= 11 is 0. The molecule has 2 aromatic carbocycles. The summed E-state index contributed by atoms with van der Waals surface area (Å²) in [4.78, 5) is 10.2. The Morgan fingerprint density at radius 2 is 1.95 bits per heavy atom. The third kappa shape index (κ3) is 4.49. The van der Waals surface area contributed by atoms with E-state index in [0.717, 1.165) is 30.0 Å². The summed E-state index contributed by atoms with van der Waals surface area (Å²) in [5.74, 6) is 0.845. The van der Waals surface area contributed by atoms with Crippen molar-refractivity contribution in [1.29, 1.82) is 0 Å². The molecule has 21 heavy (non-hydrogen) atoms. The molecule has 0 aliphatic carbocycles. The molecule has 0 heterocycles. The predicted molar refractivity (Wildman–Crippen MR) is 82.9 cm³/mol. The van der Waals surface area contributed by atoms with Crippen molar-refractivity contribution in [2.45, 2.75) is 13.3 Å². The number of nitro groups is 1. The van der Waals surface area contributed by atoms with Gasteiger partial charge in [0.2, 0.25) is 0 Å². The number of rotatable bonds is 7. The van der Waals surface area contributed by atoms with Crippen LogP contribution in [0.3, 0.4) is 0 Å². The van der Waals surface area contributed by atoms with Crippen LogP contribution in [0.2, 0.25) is 0 Å². The smallest absolute Gasteiger partial charge is 0.269 e. The molecule has 0 amide bonds. The van der Waals surface area contributed by atoms with E-state index in [1.165, 1.54) is 12.1 Å². The van der Waals surface area contributed by atoms with Gasteiger partial charge in [0.1, 0.15) is 5.75 Å². The normalized spacial score (nSPS) is 10.1. The van der Waals surface area contributed by atoms with Crippen molar-refractivity contribution >= 4 is 11.4 Å². The molecule has 0 saturated heterocycles. The minimum absolute atomic E-state index is 0.121. The molecule has 0 spiro atoms. The highest BCUT2D eigenvalue weighted by molar-refractivity contribution is 5.48. The van der Waals surface area contributed by atoms with Crippen LogP contribution in [0.5, 0.6) is 5.75 Å². The maximum absolute atomic E-state index is 10.6. The molecule has 0 unspecified atom stereocenters. The second-order valence-electron chi connectivity index (χ2n) is 4.56. The molecule has 0 atom stereocenters. The van der Waals surface area contributed by atoms with Crippen LogP contribution < -0.4 is 10.1 Å². The number of nitrogens with zero attached hydrogens (tertiary/aromatic N) is 1. The van der Waals surface area contributed by atoms with Crippen molar-refractivity contribution < 1.29 is 9.66 Å². The molecular formula is C16H18N2O3. The van der Waals surface area contributed by atoms with Gasteiger partial charge >= 0.3 is 0 Å². The van der Waals surface area contributed by atoms with Gasteiger partial charge < -0.3 is 10.1 Å². The van der Waals surface area contributed by atoms with E-state index in [2.05, 4.69) is 5.32 Å². The van der Waals surface area contributed by atoms with Gasteiger partial charge in [-0.05, 0) is 31.0 Å². The number of nitro benzene ring substituents is 1. The average Bonchev–Trinajstić information content (AvgIpc) is 2.48. The molecule has 5 heteroatoms. The van der Waals surface area contributed by atoms with E-state index in [9.17, 15) is 10.1 Å². The Morgan fingerprint density at radius 3 is 2.62 bits per heavy atom. The third-order valence-corrected chi connectivity index (χ3v) is 3.03. The molecule has 2 aromatic rings. The first-order valence-corrected chi connectivity index (χ1v) is 6.89. The summed E-state index contributed by atoms with van der Waals surface area (Å²) in [6.45, 7) is 3.36. The van der Waals surface area contributed by atoms with Crippen LogP contribution in [0, 0.1) is 10.1 Å². The molecule has 2 rings (SSSR count). The molecule has 0 aliphatic rings. The van der Waals surface area contributed by atoms with Gasteiger partial charge in [-0.15, -0.1) is 0 Å². The zero-order chi connectivity index (χ0) is 15.1. The fraction of sp³-hybridized carbons (Fsp3) is 0.250. The van der Waals surface area contributed by atoms with Gasteiger partial charge in [-0.1, -0.05) is 18.2 Å². The summed E-state index contributed by atoms with van der Waals surface area (Å²) in [5, 5.41) is 13.9. The first-order chi connectivity index (χ1) is 10.2. The fourth-order valence-electron chi connectivity index (χ4n) is 2.00. The Bertz CT molecular complexity index is 597. The lowest BCUT2D eigenvalue weighted by atomic mass is 10.1. The van der Waals surface area contributed by atoms with Crippen molar-refractivity contribution in [3.8, 4) is 5.75 Å². The summed E-state index contributed by atoms with van der Waals surface area (Å²) < 4.78 is 5.44. The van der Waals surface area contributed by atoms with Gasteiger partial charge in [0.05, 0.1) is 11.5 Å². The van der Waals surface area contributed by atoms with Gasteiger partial charge in [0.25, 0.3) is 5.69 Å². The predicted octanol–water partition coefficient (Wildman–Crippen LogP) is 3.65. The van der Waals surface area contributed by atoms with E-state index in [4.69, 9.17) is 4.74 Å². The number of hydrogen-bond donors (Lipinski definition) is 1. The van der Waals surface area contributed by atoms with Crippen molar-refractivity contribution in [2.24, 2.45) is 0 Å². The van der Waals surface area contributed by atoms with Crippen LogP contribution in [0.4, 0.5) is 11.4 Å². The molecule has 110 valence electrons. The molecule has 0 aliphatic heterocycles. The average molecular weight is 286 g/mol. The SMILES string of the molecule is CCOc1cccc(NCCc2ccc([N+](=O)[O-])cc2)c1. The van der Waals surface area contributed by atoms with E-state index in [-0.39, 0.29) is 10.6 Å². The Morgan fingerprint density at radius 1 is 1.19 bits per heavy atom. The first kappa shape index (κ1) is 14.8. The monoisotopic (exact) mass is 286 g/mol. The highest BCUT2D eigenvalue weighted by Gasteiger charge is 2.03. The quantitative estimate of drug-likeness (QED) is 0.623. The largest absolute Gasteiger partial charge is 0.494 e. The zero-order valence-electron chi connectivity index (χ0n) is 11.9. The maximum Gasteiger partial charge on any atom is 0.269 e. The van der Waals surface area contributed by atoms with E-state index >= 15 is 0 Å². The number of hydrogen-bond acceptors (Lipinski definition) is 4. The maximum atomic E-state index is 10.6. The Kier molecular flexibility index (Phi) is 5.15. The van der Waals surface area contributed by atoms with Crippen LogP contribution >= 0.6 is 0 Å². The van der Waals surface area contributed by atoms with Crippen LogP contribution in [-0.2, 0) is 6.42 Å². The van der Waals surface area contributed by atoms with E-state index < -0.39 is 0 Å². The molecular weight excluding hydrogens is 268 g/mol. The van der Waals surface area contributed by atoms with Gasteiger partial charge in [-0.2, -0.15) is 0 Å². The van der Waals surface area contributed by atoms with E-state index in [0.29, 0.717) is 6.61 Å². The third-order valence-electron chi connectivity index (χ3n) is 3.03. The molecule has 5 nitrogen and oxygen atoms in total. The van der Waals surface area contributed by atoms with Crippen molar-refractivity contribution in [2.75, 3.05) is 18.5 Å². The van der Waals surface area contributed by atoms with Crippen molar-refractivity contribution in [3.05, 3.63) is 64.2 Å². The lowest BCUT2D eigenvalue weighted by Gasteiger charge is -2.09. The number of nitrogens with one attached hydrogen (secondary N) is 1. The Balaban J connectivity index is 1.86. The molecule has 0 radical (unpaired) electrons. The van der Waals surface area contributed by atoms with Crippen LogP contribution in [0.1, 0.15) is 12.5 Å². The molecule has 0 saturated carbocycles. The van der Waals surface area contributed by atoms with Crippen LogP contribution in [0.25, 0.3) is 0 Å². The van der Waals surface area contributed by atoms with Gasteiger partial charge in [0.15, 0.2) is 0 Å². The second kappa shape index (κ2) is 7.28.